The van der Waals surface area contributed by atoms with Crippen molar-refractivity contribution in [1.29, 1.82) is 0 Å². The summed E-state index contributed by atoms with van der Waals surface area (Å²) in [6.45, 7) is 1.71. The summed E-state index contributed by atoms with van der Waals surface area (Å²) in [5, 5.41) is 1.08. The second-order valence-corrected chi connectivity index (χ2v) is 8.62. The van der Waals surface area contributed by atoms with Crippen molar-refractivity contribution in [2.24, 2.45) is 0 Å². The van der Waals surface area contributed by atoms with Gasteiger partial charge in [-0.3, -0.25) is 4.72 Å². The van der Waals surface area contributed by atoms with Gasteiger partial charge in [0, 0.05) is 15.7 Å². The Morgan fingerprint density at radius 3 is 1.96 bits per heavy atom. The van der Waals surface area contributed by atoms with Crippen LogP contribution in [-0.4, -0.2) is 8.42 Å². The van der Waals surface area contributed by atoms with Gasteiger partial charge in [-0.25, -0.2) is 8.42 Å². The zero-order valence-corrected chi connectivity index (χ0v) is 17.1. The van der Waals surface area contributed by atoms with Gasteiger partial charge in [-0.15, -0.1) is 0 Å². The zero-order valence-electron chi connectivity index (χ0n) is 14.0. The lowest BCUT2D eigenvalue weighted by molar-refractivity contribution is 0.483. The molecule has 0 amide bonds. The van der Waals surface area contributed by atoms with Crippen LogP contribution in [0.3, 0.4) is 0 Å². The Hall–Kier alpha value is -1.92. The SMILES string of the molecule is Cc1cc(S(=O)(=O)Nc2ccc(Oc3ccc(Cl)cc3)cc2)c(Cl)cc1Cl. The minimum absolute atomic E-state index is 0.0347. The quantitative estimate of drug-likeness (QED) is 0.487. The van der Waals surface area contributed by atoms with Crippen LogP contribution in [0.4, 0.5) is 5.69 Å². The highest BCUT2D eigenvalue weighted by molar-refractivity contribution is 7.92. The maximum absolute atomic E-state index is 12.6. The monoisotopic (exact) mass is 441 g/mol. The molecule has 0 saturated heterocycles. The highest BCUT2D eigenvalue weighted by Gasteiger charge is 2.19. The minimum Gasteiger partial charge on any atom is -0.457 e. The second-order valence-electron chi connectivity index (χ2n) is 5.72. The van der Waals surface area contributed by atoms with Crippen LogP contribution in [0.1, 0.15) is 5.56 Å². The number of anilines is 1. The molecule has 0 saturated carbocycles. The summed E-state index contributed by atoms with van der Waals surface area (Å²) >= 11 is 17.9. The predicted octanol–water partition coefficient (Wildman–Crippen LogP) is 6.55. The standard InChI is InChI=1S/C19H14Cl3NO3S/c1-12-10-19(18(22)11-17(12)21)27(24,25)23-14-4-8-16(9-5-14)26-15-6-2-13(20)3-7-15/h2-11,23H,1H3. The molecule has 8 heteroatoms. The molecule has 3 aromatic carbocycles. The third-order valence-electron chi connectivity index (χ3n) is 3.66. The lowest BCUT2D eigenvalue weighted by Gasteiger charge is -2.12. The molecular weight excluding hydrogens is 429 g/mol. The molecule has 3 rings (SSSR count). The molecule has 4 nitrogen and oxygen atoms in total. The van der Waals surface area contributed by atoms with Crippen molar-refractivity contribution in [1.82, 2.24) is 0 Å². The van der Waals surface area contributed by atoms with Crippen LogP contribution in [0.25, 0.3) is 0 Å². The van der Waals surface area contributed by atoms with Gasteiger partial charge >= 0.3 is 0 Å². The van der Waals surface area contributed by atoms with E-state index in [2.05, 4.69) is 4.72 Å². The molecule has 0 spiro atoms. The van der Waals surface area contributed by atoms with E-state index in [-0.39, 0.29) is 9.92 Å². The third-order valence-corrected chi connectivity index (χ3v) is 6.16. The highest BCUT2D eigenvalue weighted by atomic mass is 35.5. The van der Waals surface area contributed by atoms with Crippen LogP contribution in [-0.2, 0) is 10.0 Å². The Morgan fingerprint density at radius 2 is 1.37 bits per heavy atom. The Bertz CT molecular complexity index is 1070. The maximum atomic E-state index is 12.6. The number of halogens is 3. The summed E-state index contributed by atoms with van der Waals surface area (Å²) in [4.78, 5) is -0.0347. The molecule has 0 bridgehead atoms. The summed E-state index contributed by atoms with van der Waals surface area (Å²) in [7, 11) is -3.86. The van der Waals surface area contributed by atoms with E-state index >= 15 is 0 Å². The van der Waals surface area contributed by atoms with Gasteiger partial charge in [0.05, 0.1) is 5.02 Å². The molecule has 0 aromatic heterocycles. The smallest absolute Gasteiger partial charge is 0.263 e. The summed E-state index contributed by atoms with van der Waals surface area (Å²) < 4.78 is 33.4. The number of aryl methyl sites for hydroxylation is 1. The molecule has 0 fully saturated rings. The first-order valence-electron chi connectivity index (χ1n) is 7.76. The number of rotatable bonds is 5. The van der Waals surface area contributed by atoms with Gasteiger partial charge in [0.2, 0.25) is 0 Å². The molecule has 0 aliphatic heterocycles. The van der Waals surface area contributed by atoms with Gasteiger partial charge in [-0.1, -0.05) is 34.8 Å². The lowest BCUT2D eigenvalue weighted by atomic mass is 10.2. The van der Waals surface area contributed by atoms with E-state index in [4.69, 9.17) is 39.5 Å². The summed E-state index contributed by atoms with van der Waals surface area (Å²) in [5.41, 5.74) is 0.996. The van der Waals surface area contributed by atoms with Crippen LogP contribution in [0.15, 0.2) is 65.6 Å². The van der Waals surface area contributed by atoms with Gasteiger partial charge in [0.25, 0.3) is 10.0 Å². The first-order chi connectivity index (χ1) is 12.7. The maximum Gasteiger partial charge on any atom is 0.263 e. The summed E-state index contributed by atoms with van der Waals surface area (Å²) in [5.74, 6) is 1.18. The van der Waals surface area contributed by atoms with Gasteiger partial charge in [-0.2, -0.15) is 0 Å². The number of benzene rings is 3. The molecule has 3 aromatic rings. The molecular formula is C19H14Cl3NO3S. The van der Waals surface area contributed by atoms with Crippen LogP contribution >= 0.6 is 34.8 Å². The number of ether oxygens (including phenoxy) is 1. The van der Waals surface area contributed by atoms with Gasteiger partial charge in [0.15, 0.2) is 0 Å². The molecule has 0 unspecified atom stereocenters. The van der Waals surface area contributed by atoms with E-state index in [0.29, 0.717) is 32.8 Å². The highest BCUT2D eigenvalue weighted by Crippen LogP contribution is 2.30. The van der Waals surface area contributed by atoms with Crippen LogP contribution < -0.4 is 9.46 Å². The van der Waals surface area contributed by atoms with Crippen LogP contribution in [0.5, 0.6) is 11.5 Å². The fourth-order valence-electron chi connectivity index (χ4n) is 2.28. The van der Waals surface area contributed by atoms with E-state index in [1.54, 1.807) is 55.5 Å². The van der Waals surface area contributed by atoms with Crippen molar-refractivity contribution < 1.29 is 13.2 Å². The molecule has 0 radical (unpaired) electrons. The molecule has 27 heavy (non-hydrogen) atoms. The van der Waals surface area contributed by atoms with Crippen molar-refractivity contribution in [3.8, 4) is 11.5 Å². The molecule has 1 N–H and O–H groups in total. The summed E-state index contributed by atoms with van der Waals surface area (Å²) in [6, 6.07) is 16.3. The second kappa shape index (κ2) is 7.98. The fourth-order valence-corrected chi connectivity index (χ4v) is 4.29. The molecule has 0 aliphatic rings. The average molecular weight is 443 g/mol. The molecule has 0 heterocycles. The largest absolute Gasteiger partial charge is 0.457 e. The first kappa shape index (κ1) is 19.8. The number of hydrogen-bond donors (Lipinski definition) is 1. The van der Waals surface area contributed by atoms with Crippen molar-refractivity contribution in [2.75, 3.05) is 4.72 Å². The van der Waals surface area contributed by atoms with Crippen LogP contribution in [0.2, 0.25) is 15.1 Å². The Kier molecular flexibility index (Phi) is 5.86. The Balaban J connectivity index is 1.77. The van der Waals surface area contributed by atoms with E-state index in [1.165, 1.54) is 12.1 Å². The number of hydrogen-bond acceptors (Lipinski definition) is 3. The Labute approximate surface area is 172 Å². The van der Waals surface area contributed by atoms with E-state index < -0.39 is 10.0 Å². The normalized spacial score (nSPS) is 11.3. The van der Waals surface area contributed by atoms with Gasteiger partial charge in [0.1, 0.15) is 16.4 Å². The van der Waals surface area contributed by atoms with E-state index in [0.717, 1.165) is 0 Å². The third kappa shape index (κ3) is 4.87. The van der Waals surface area contributed by atoms with Gasteiger partial charge in [-0.05, 0) is 73.2 Å². The molecule has 0 atom stereocenters. The van der Waals surface area contributed by atoms with Crippen LogP contribution in [0, 0.1) is 6.92 Å². The van der Waals surface area contributed by atoms with Gasteiger partial charge < -0.3 is 4.74 Å². The zero-order chi connectivity index (χ0) is 19.6. The minimum atomic E-state index is -3.86. The predicted molar refractivity (Wildman–Crippen MR) is 110 cm³/mol. The number of sulfonamides is 1. The molecule has 0 aliphatic carbocycles. The van der Waals surface area contributed by atoms with Crippen molar-refractivity contribution in [3.63, 3.8) is 0 Å². The van der Waals surface area contributed by atoms with Crippen molar-refractivity contribution in [2.45, 2.75) is 11.8 Å². The lowest BCUT2D eigenvalue weighted by Crippen LogP contribution is -2.13. The first-order valence-corrected chi connectivity index (χ1v) is 10.4. The van der Waals surface area contributed by atoms with E-state index in [1.807, 2.05) is 0 Å². The van der Waals surface area contributed by atoms with E-state index in [9.17, 15) is 8.42 Å². The topological polar surface area (TPSA) is 55.4 Å². The summed E-state index contributed by atoms with van der Waals surface area (Å²) in [6.07, 6.45) is 0. The number of nitrogens with one attached hydrogen (secondary N) is 1. The van der Waals surface area contributed by atoms with Crippen molar-refractivity contribution in [3.05, 3.63) is 81.3 Å². The average Bonchev–Trinajstić information content (AvgIpc) is 2.61. The Morgan fingerprint density at radius 1 is 0.815 bits per heavy atom. The van der Waals surface area contributed by atoms with Crippen molar-refractivity contribution >= 4 is 50.5 Å². The molecule has 140 valence electrons. The fraction of sp³-hybridized carbons (Fsp3) is 0.0526.